The number of ketones is 1. The summed E-state index contributed by atoms with van der Waals surface area (Å²) in [5.74, 6) is 1.43. The van der Waals surface area contributed by atoms with E-state index in [0.717, 1.165) is 50.6 Å². The normalized spacial score (nSPS) is 24.0. The second-order valence-electron chi connectivity index (χ2n) is 9.50. The third kappa shape index (κ3) is 6.39. The second kappa shape index (κ2) is 10.9. The number of fused-ring (bicyclic) bond motifs is 3. The molecule has 2 amide bonds. The first kappa shape index (κ1) is 23.4. The molecule has 0 saturated carbocycles. The summed E-state index contributed by atoms with van der Waals surface area (Å²) in [6.45, 7) is 6.57. The quantitative estimate of drug-likeness (QED) is 0.575. The average Bonchev–Trinajstić information content (AvgIpc) is 2.83. The topological polar surface area (TPSA) is 77.6 Å². The molecule has 0 spiro atoms. The van der Waals surface area contributed by atoms with Crippen molar-refractivity contribution in [2.24, 2.45) is 11.8 Å². The van der Waals surface area contributed by atoms with Gasteiger partial charge in [0.05, 0.1) is 0 Å². The Labute approximate surface area is 196 Å². The number of likely N-dealkylation sites (N-methyl/N-ethyl adjacent to an activating group) is 1. The molecular weight excluding hydrogens is 414 g/mol. The van der Waals surface area contributed by atoms with E-state index in [9.17, 15) is 9.59 Å². The zero-order valence-electron chi connectivity index (χ0n) is 19.7. The highest BCUT2D eigenvalue weighted by atomic mass is 16.2. The summed E-state index contributed by atoms with van der Waals surface area (Å²) in [5, 5.41) is 5.90. The van der Waals surface area contributed by atoms with Crippen LogP contribution in [0.15, 0.2) is 48.7 Å². The number of aromatic nitrogens is 1. The molecule has 3 aliphatic rings. The van der Waals surface area contributed by atoms with Gasteiger partial charge in [-0.25, -0.2) is 4.79 Å². The van der Waals surface area contributed by atoms with Gasteiger partial charge in [-0.1, -0.05) is 6.07 Å². The Hall–Kier alpha value is -2.77. The molecule has 1 aromatic heterocycles. The largest absolute Gasteiger partial charge is 0.336 e. The van der Waals surface area contributed by atoms with Crippen LogP contribution in [0.1, 0.15) is 35.8 Å². The molecule has 7 nitrogen and oxygen atoms in total. The monoisotopic (exact) mass is 449 g/mol. The fourth-order valence-electron chi connectivity index (χ4n) is 5.19. The minimum atomic E-state index is -0.195. The van der Waals surface area contributed by atoms with Crippen molar-refractivity contribution in [1.82, 2.24) is 20.1 Å². The van der Waals surface area contributed by atoms with Gasteiger partial charge in [-0.2, -0.15) is 0 Å². The molecule has 1 aromatic carbocycles. The van der Waals surface area contributed by atoms with E-state index in [0.29, 0.717) is 29.8 Å². The van der Waals surface area contributed by atoms with Gasteiger partial charge in [0.1, 0.15) is 0 Å². The standard InChI is InChI=1S/C26H35N5O2/c1-19(32)20-6-8-24(9-7-20)29-26(33)28-16-25-15-21-10-14-31(25)18-22(21)17-30(2)13-11-23-5-3-4-12-27-23/h3-9,12,21-22,25H,10-11,13-18H2,1-2H3,(H2,28,29,33). The summed E-state index contributed by atoms with van der Waals surface area (Å²) in [5.41, 5.74) is 2.48. The van der Waals surface area contributed by atoms with Crippen LogP contribution in [0.3, 0.4) is 0 Å². The summed E-state index contributed by atoms with van der Waals surface area (Å²) < 4.78 is 0. The maximum atomic E-state index is 12.4. The number of pyridine rings is 1. The molecule has 3 aliphatic heterocycles. The van der Waals surface area contributed by atoms with Crippen molar-refractivity contribution < 1.29 is 9.59 Å². The molecule has 3 fully saturated rings. The number of carbonyl (C=O) groups is 2. The third-order valence-electron chi connectivity index (χ3n) is 7.08. The van der Waals surface area contributed by atoms with Gasteiger partial charge in [-0.15, -0.1) is 0 Å². The fourth-order valence-corrected chi connectivity index (χ4v) is 5.19. The molecular formula is C26H35N5O2. The predicted molar refractivity (Wildman–Crippen MR) is 130 cm³/mol. The van der Waals surface area contributed by atoms with E-state index in [1.165, 1.54) is 13.3 Å². The number of urea groups is 1. The maximum Gasteiger partial charge on any atom is 0.319 e. The molecule has 0 radical (unpaired) electrons. The SMILES string of the molecule is CC(=O)c1ccc(NC(=O)NCC2CC3CCN2CC3CN(C)CCc2ccccn2)cc1. The van der Waals surface area contributed by atoms with E-state index < -0.39 is 0 Å². The van der Waals surface area contributed by atoms with Crippen molar-refractivity contribution in [3.05, 3.63) is 59.9 Å². The summed E-state index contributed by atoms with van der Waals surface area (Å²) in [6.07, 6.45) is 5.25. The van der Waals surface area contributed by atoms with E-state index in [4.69, 9.17) is 0 Å². The van der Waals surface area contributed by atoms with Crippen LogP contribution >= 0.6 is 0 Å². The van der Waals surface area contributed by atoms with Gasteiger partial charge in [0, 0.05) is 61.8 Å². The summed E-state index contributed by atoms with van der Waals surface area (Å²) in [7, 11) is 2.22. The van der Waals surface area contributed by atoms with E-state index in [-0.39, 0.29) is 11.8 Å². The van der Waals surface area contributed by atoms with Crippen molar-refractivity contribution in [3.63, 3.8) is 0 Å². The van der Waals surface area contributed by atoms with Crippen LogP contribution in [0, 0.1) is 11.8 Å². The Morgan fingerprint density at radius 3 is 2.67 bits per heavy atom. The molecule has 4 heterocycles. The Balaban J connectivity index is 1.19. The first-order valence-corrected chi connectivity index (χ1v) is 12.0. The highest BCUT2D eigenvalue weighted by Gasteiger charge is 2.40. The smallest absolute Gasteiger partial charge is 0.319 e. The van der Waals surface area contributed by atoms with E-state index in [2.05, 4.69) is 38.5 Å². The van der Waals surface area contributed by atoms with Crippen LogP contribution in [0.4, 0.5) is 10.5 Å². The lowest BCUT2D eigenvalue weighted by atomic mass is 9.75. The molecule has 3 saturated heterocycles. The van der Waals surface area contributed by atoms with Crippen molar-refractivity contribution >= 4 is 17.5 Å². The van der Waals surface area contributed by atoms with Crippen molar-refractivity contribution in [1.29, 1.82) is 0 Å². The van der Waals surface area contributed by atoms with Crippen LogP contribution in [-0.4, -0.2) is 72.4 Å². The molecule has 4 unspecified atom stereocenters. The number of Topliss-reactive ketones (excluding diaryl/α,β-unsaturated/α-hetero) is 1. The van der Waals surface area contributed by atoms with Crippen LogP contribution in [0.25, 0.3) is 0 Å². The zero-order valence-corrected chi connectivity index (χ0v) is 19.7. The first-order chi connectivity index (χ1) is 16.0. The number of nitrogens with one attached hydrogen (secondary N) is 2. The fraction of sp³-hybridized carbons (Fsp3) is 0.500. The maximum absolute atomic E-state index is 12.4. The Bertz CT molecular complexity index is 933. The lowest BCUT2D eigenvalue weighted by Gasteiger charge is -2.50. The van der Waals surface area contributed by atoms with Gasteiger partial charge in [-0.3, -0.25) is 14.7 Å². The average molecular weight is 450 g/mol. The van der Waals surface area contributed by atoms with Crippen molar-refractivity contribution in [3.8, 4) is 0 Å². The minimum absolute atomic E-state index is 0.0186. The lowest BCUT2D eigenvalue weighted by molar-refractivity contribution is -0.00803. The van der Waals surface area contributed by atoms with Crippen LogP contribution < -0.4 is 10.6 Å². The number of hydrogen-bond acceptors (Lipinski definition) is 5. The van der Waals surface area contributed by atoms with Crippen LogP contribution in [0.2, 0.25) is 0 Å². The molecule has 7 heteroatoms. The Morgan fingerprint density at radius 1 is 1.18 bits per heavy atom. The molecule has 2 bridgehead atoms. The number of anilines is 1. The van der Waals surface area contributed by atoms with Gasteiger partial charge in [0.25, 0.3) is 0 Å². The predicted octanol–water partition coefficient (Wildman–Crippen LogP) is 3.29. The van der Waals surface area contributed by atoms with Crippen molar-refractivity contribution in [2.75, 3.05) is 45.1 Å². The van der Waals surface area contributed by atoms with E-state index in [1.807, 2.05) is 18.3 Å². The van der Waals surface area contributed by atoms with E-state index in [1.54, 1.807) is 24.3 Å². The lowest BCUT2D eigenvalue weighted by Crippen LogP contribution is -2.58. The van der Waals surface area contributed by atoms with Crippen molar-refractivity contribution in [2.45, 2.75) is 32.2 Å². The summed E-state index contributed by atoms with van der Waals surface area (Å²) >= 11 is 0. The van der Waals surface area contributed by atoms with Crippen LogP contribution in [-0.2, 0) is 6.42 Å². The third-order valence-corrected chi connectivity index (χ3v) is 7.08. The molecule has 2 aromatic rings. The molecule has 5 rings (SSSR count). The molecule has 0 aliphatic carbocycles. The van der Waals surface area contributed by atoms with Gasteiger partial charge < -0.3 is 15.5 Å². The highest BCUT2D eigenvalue weighted by molar-refractivity contribution is 5.95. The Kier molecular flexibility index (Phi) is 7.73. The van der Waals surface area contributed by atoms with Gasteiger partial charge in [0.2, 0.25) is 0 Å². The number of rotatable bonds is 9. The number of nitrogens with zero attached hydrogens (tertiary/aromatic N) is 3. The highest BCUT2D eigenvalue weighted by Crippen LogP contribution is 2.36. The van der Waals surface area contributed by atoms with Gasteiger partial charge >= 0.3 is 6.03 Å². The summed E-state index contributed by atoms with van der Waals surface area (Å²) in [4.78, 5) is 33.2. The van der Waals surface area contributed by atoms with Crippen LogP contribution in [0.5, 0.6) is 0 Å². The molecule has 2 N–H and O–H groups in total. The number of amides is 2. The Morgan fingerprint density at radius 2 is 2.00 bits per heavy atom. The number of hydrogen-bond donors (Lipinski definition) is 2. The van der Waals surface area contributed by atoms with Gasteiger partial charge in [0.15, 0.2) is 5.78 Å². The number of benzene rings is 1. The number of piperidine rings is 3. The second-order valence-corrected chi connectivity index (χ2v) is 9.50. The van der Waals surface area contributed by atoms with E-state index >= 15 is 0 Å². The first-order valence-electron chi connectivity index (χ1n) is 12.0. The minimum Gasteiger partial charge on any atom is -0.336 e. The molecule has 4 atom stereocenters. The number of carbonyl (C=O) groups excluding carboxylic acids is 2. The van der Waals surface area contributed by atoms with Gasteiger partial charge in [-0.05, 0) is 81.6 Å². The zero-order chi connectivity index (χ0) is 23.2. The molecule has 33 heavy (non-hydrogen) atoms. The molecule has 176 valence electrons. The summed E-state index contributed by atoms with van der Waals surface area (Å²) in [6, 6.07) is 13.3.